The fourth-order valence-corrected chi connectivity index (χ4v) is 3.12. The first-order valence-electron chi connectivity index (χ1n) is 5.44. The third-order valence-electron chi connectivity index (χ3n) is 3.48. The molecule has 3 aliphatic rings. The van der Waals surface area contributed by atoms with Gasteiger partial charge in [-0.3, -0.25) is 0 Å². The highest BCUT2D eigenvalue weighted by atomic mass is 16.5. The zero-order valence-electron chi connectivity index (χ0n) is 8.81. The second-order valence-electron chi connectivity index (χ2n) is 5.42. The van der Waals surface area contributed by atoms with Crippen molar-refractivity contribution in [2.75, 3.05) is 6.61 Å². The fraction of sp³-hybridized carbons (Fsp3) is 1.00. The Kier molecular flexibility index (Phi) is 2.16. The Labute approximate surface area is 80.8 Å². The highest BCUT2D eigenvalue weighted by molar-refractivity contribution is 5.21. The van der Waals surface area contributed by atoms with E-state index >= 15 is 0 Å². The lowest BCUT2D eigenvalue weighted by Gasteiger charge is -2.69. The smallest absolute Gasteiger partial charge is 0.0518 e. The molecule has 0 radical (unpaired) electrons. The molecule has 2 nitrogen and oxygen atoms in total. The molecule has 13 heavy (non-hydrogen) atoms. The molecule has 3 fully saturated rings. The third-order valence-corrected chi connectivity index (χ3v) is 3.48. The molecular weight excluding hydrogens is 162 g/mol. The van der Waals surface area contributed by atoms with E-state index in [9.17, 15) is 0 Å². The van der Waals surface area contributed by atoms with Gasteiger partial charge in [0.1, 0.15) is 0 Å². The van der Waals surface area contributed by atoms with E-state index in [2.05, 4.69) is 13.8 Å². The highest BCUT2D eigenvalue weighted by Gasteiger charge is 2.64. The van der Waals surface area contributed by atoms with Crippen molar-refractivity contribution < 1.29 is 4.74 Å². The van der Waals surface area contributed by atoms with E-state index in [0.717, 1.165) is 6.61 Å². The Morgan fingerprint density at radius 1 is 1.31 bits per heavy atom. The van der Waals surface area contributed by atoms with Crippen LogP contribution in [-0.4, -0.2) is 18.2 Å². The second-order valence-corrected chi connectivity index (χ2v) is 5.42. The zero-order valence-corrected chi connectivity index (χ0v) is 8.81. The summed E-state index contributed by atoms with van der Waals surface area (Å²) in [4.78, 5) is 0. The predicted molar refractivity (Wildman–Crippen MR) is 53.5 cm³/mol. The van der Waals surface area contributed by atoms with Gasteiger partial charge in [0.15, 0.2) is 0 Å². The molecule has 3 aliphatic carbocycles. The molecule has 0 atom stereocenters. The average molecular weight is 183 g/mol. The number of hydrogen-bond acceptors (Lipinski definition) is 2. The van der Waals surface area contributed by atoms with Crippen LogP contribution in [0.15, 0.2) is 0 Å². The van der Waals surface area contributed by atoms with Crippen LogP contribution in [-0.2, 0) is 4.74 Å². The number of rotatable bonds is 5. The summed E-state index contributed by atoms with van der Waals surface area (Å²) in [6.45, 7) is 5.11. The van der Waals surface area contributed by atoms with Crippen molar-refractivity contribution in [2.45, 2.75) is 57.6 Å². The van der Waals surface area contributed by atoms with Gasteiger partial charge in [0, 0.05) is 12.1 Å². The maximum atomic E-state index is 5.99. The standard InChI is InChI=1S/C11H21NO/c1-9(2)13-5-3-4-10-6-11(12,7-10)8-10/h9H,3-8,12H2,1-2H3. The number of ether oxygens (including phenoxy) is 1. The van der Waals surface area contributed by atoms with Gasteiger partial charge in [0.25, 0.3) is 0 Å². The van der Waals surface area contributed by atoms with Gasteiger partial charge in [-0.15, -0.1) is 0 Å². The summed E-state index contributed by atoms with van der Waals surface area (Å²) in [6, 6.07) is 0. The minimum absolute atomic E-state index is 0.277. The largest absolute Gasteiger partial charge is 0.379 e. The third kappa shape index (κ3) is 1.75. The van der Waals surface area contributed by atoms with Crippen molar-refractivity contribution in [1.82, 2.24) is 0 Å². The van der Waals surface area contributed by atoms with Crippen LogP contribution >= 0.6 is 0 Å². The van der Waals surface area contributed by atoms with Gasteiger partial charge in [-0.05, 0) is 51.4 Å². The first kappa shape index (κ1) is 9.47. The minimum Gasteiger partial charge on any atom is -0.379 e. The van der Waals surface area contributed by atoms with Crippen LogP contribution in [0.5, 0.6) is 0 Å². The summed E-state index contributed by atoms with van der Waals surface area (Å²) >= 11 is 0. The van der Waals surface area contributed by atoms with Crippen LogP contribution in [0.4, 0.5) is 0 Å². The molecule has 76 valence electrons. The van der Waals surface area contributed by atoms with Gasteiger partial charge in [-0.2, -0.15) is 0 Å². The Hall–Kier alpha value is -0.0800. The Morgan fingerprint density at radius 2 is 1.92 bits per heavy atom. The summed E-state index contributed by atoms with van der Waals surface area (Å²) in [5.74, 6) is 0. The lowest BCUT2D eigenvalue weighted by molar-refractivity contribution is -0.139. The molecule has 0 saturated heterocycles. The van der Waals surface area contributed by atoms with Crippen molar-refractivity contribution in [2.24, 2.45) is 11.1 Å². The van der Waals surface area contributed by atoms with Crippen molar-refractivity contribution in [3.05, 3.63) is 0 Å². The lowest BCUT2D eigenvalue weighted by atomic mass is 9.39. The van der Waals surface area contributed by atoms with Crippen LogP contribution in [0.3, 0.4) is 0 Å². The highest BCUT2D eigenvalue weighted by Crippen LogP contribution is 2.67. The zero-order chi connectivity index (χ0) is 9.53. The van der Waals surface area contributed by atoms with Crippen LogP contribution in [0, 0.1) is 5.41 Å². The molecule has 0 unspecified atom stereocenters. The predicted octanol–water partition coefficient (Wildman–Crippen LogP) is 2.07. The van der Waals surface area contributed by atoms with Crippen LogP contribution in [0.1, 0.15) is 46.0 Å². The summed E-state index contributed by atoms with van der Waals surface area (Å²) in [7, 11) is 0. The van der Waals surface area contributed by atoms with E-state index in [1.54, 1.807) is 0 Å². The van der Waals surface area contributed by atoms with E-state index in [4.69, 9.17) is 10.5 Å². The normalized spacial score (nSPS) is 41.5. The molecular formula is C11H21NO. The second kappa shape index (κ2) is 2.96. The first-order valence-corrected chi connectivity index (χ1v) is 5.44. The molecule has 0 aromatic heterocycles. The molecule has 2 bridgehead atoms. The fourth-order valence-electron chi connectivity index (χ4n) is 3.12. The molecule has 0 aromatic carbocycles. The van der Waals surface area contributed by atoms with Crippen molar-refractivity contribution in [3.63, 3.8) is 0 Å². The van der Waals surface area contributed by atoms with Gasteiger partial charge >= 0.3 is 0 Å². The van der Waals surface area contributed by atoms with Crippen molar-refractivity contribution >= 4 is 0 Å². The summed E-state index contributed by atoms with van der Waals surface area (Å²) in [5.41, 5.74) is 6.93. The number of hydrogen-bond donors (Lipinski definition) is 1. The van der Waals surface area contributed by atoms with Crippen LogP contribution in [0.25, 0.3) is 0 Å². The Balaban J connectivity index is 1.55. The van der Waals surface area contributed by atoms with Crippen LogP contribution in [0.2, 0.25) is 0 Å². The molecule has 0 heterocycles. The molecule has 0 aromatic rings. The van der Waals surface area contributed by atoms with Crippen LogP contribution < -0.4 is 5.73 Å². The van der Waals surface area contributed by atoms with E-state index in [1.807, 2.05) is 0 Å². The van der Waals surface area contributed by atoms with Gasteiger partial charge in [-0.1, -0.05) is 0 Å². The molecule has 3 saturated carbocycles. The summed E-state index contributed by atoms with van der Waals surface area (Å²) in [5, 5.41) is 0. The molecule has 2 N–H and O–H groups in total. The minimum atomic E-state index is 0.277. The van der Waals surface area contributed by atoms with Gasteiger partial charge < -0.3 is 10.5 Å². The summed E-state index contributed by atoms with van der Waals surface area (Å²) < 4.78 is 5.52. The SMILES string of the molecule is CC(C)OCCCC12CC(N)(C1)C2. The maximum Gasteiger partial charge on any atom is 0.0518 e. The molecule has 0 aliphatic heterocycles. The molecule has 0 spiro atoms. The summed E-state index contributed by atoms with van der Waals surface area (Å²) in [6.07, 6.45) is 6.77. The Bertz CT molecular complexity index is 180. The van der Waals surface area contributed by atoms with Gasteiger partial charge in [-0.25, -0.2) is 0 Å². The van der Waals surface area contributed by atoms with E-state index in [-0.39, 0.29) is 5.54 Å². The topological polar surface area (TPSA) is 35.2 Å². The van der Waals surface area contributed by atoms with Crippen molar-refractivity contribution in [3.8, 4) is 0 Å². The van der Waals surface area contributed by atoms with Gasteiger partial charge in [0.05, 0.1) is 6.10 Å². The lowest BCUT2D eigenvalue weighted by Crippen LogP contribution is -2.71. The first-order chi connectivity index (χ1) is 6.04. The number of nitrogens with two attached hydrogens (primary N) is 1. The van der Waals surface area contributed by atoms with E-state index in [0.29, 0.717) is 11.5 Å². The van der Waals surface area contributed by atoms with E-state index < -0.39 is 0 Å². The van der Waals surface area contributed by atoms with E-state index in [1.165, 1.54) is 32.1 Å². The monoisotopic (exact) mass is 183 g/mol. The van der Waals surface area contributed by atoms with Crippen molar-refractivity contribution in [1.29, 1.82) is 0 Å². The molecule has 0 amide bonds. The maximum absolute atomic E-state index is 5.99. The quantitative estimate of drug-likeness (QED) is 0.662. The average Bonchev–Trinajstić information content (AvgIpc) is 1.91. The molecule has 3 rings (SSSR count). The molecule has 2 heteroatoms. The Morgan fingerprint density at radius 3 is 2.38 bits per heavy atom. The van der Waals surface area contributed by atoms with Gasteiger partial charge in [0.2, 0.25) is 0 Å².